The van der Waals surface area contributed by atoms with E-state index in [9.17, 15) is 21.6 Å². The van der Waals surface area contributed by atoms with Crippen LogP contribution >= 0.6 is 11.6 Å². The zero-order valence-electron chi connectivity index (χ0n) is 8.49. The predicted molar refractivity (Wildman–Crippen MR) is 61.2 cm³/mol. The van der Waals surface area contributed by atoms with Gasteiger partial charge in [-0.05, 0) is 12.1 Å². The van der Waals surface area contributed by atoms with Crippen LogP contribution in [-0.4, -0.2) is 27.9 Å². The van der Waals surface area contributed by atoms with Crippen molar-refractivity contribution in [1.29, 1.82) is 0 Å². The largest absolute Gasteiger partial charge is 0.478 e. The third kappa shape index (κ3) is 2.97. The Morgan fingerprint density at radius 2 is 1.39 bits per heavy atom. The van der Waals surface area contributed by atoms with E-state index in [4.69, 9.17) is 27.0 Å². The van der Waals surface area contributed by atoms with Gasteiger partial charge < -0.3 is 5.11 Å². The van der Waals surface area contributed by atoms with Gasteiger partial charge in [0.25, 0.3) is 0 Å². The quantitative estimate of drug-likeness (QED) is 0.671. The van der Waals surface area contributed by atoms with Gasteiger partial charge in [-0.2, -0.15) is 0 Å². The highest BCUT2D eigenvalue weighted by Crippen LogP contribution is 2.29. The minimum atomic E-state index is -4.39. The van der Waals surface area contributed by atoms with E-state index < -0.39 is 46.4 Å². The van der Waals surface area contributed by atoms with Crippen molar-refractivity contribution < 1.29 is 26.7 Å². The van der Waals surface area contributed by atoms with Crippen molar-refractivity contribution in [3.05, 3.63) is 22.7 Å². The topological polar surface area (TPSA) is 158 Å². The van der Waals surface area contributed by atoms with Gasteiger partial charge in [-0.1, -0.05) is 11.6 Å². The fraction of sp³-hybridized carbons (Fsp3) is 0. The Hall–Kier alpha value is -1.20. The summed E-state index contributed by atoms with van der Waals surface area (Å²) in [7, 11) is -8.78. The molecule has 0 heterocycles. The second-order valence-corrected chi connectivity index (χ2v) is 6.62. The van der Waals surface area contributed by atoms with Gasteiger partial charge in [0, 0.05) is 0 Å². The van der Waals surface area contributed by atoms with Gasteiger partial charge >= 0.3 is 5.97 Å². The number of halogens is 1. The average molecular weight is 315 g/mol. The van der Waals surface area contributed by atoms with Crippen LogP contribution in [0.15, 0.2) is 21.9 Å². The zero-order chi connectivity index (χ0) is 14.3. The van der Waals surface area contributed by atoms with E-state index in [2.05, 4.69) is 0 Å². The molecule has 0 aromatic heterocycles. The summed E-state index contributed by atoms with van der Waals surface area (Å²) in [5.74, 6) is -1.55. The standard InChI is InChI=1S/C7H7ClN2O6S2/c8-6-4(17(9,13)14)1-3(7(11)12)2-5(6)18(10,15)16/h1-2H,(H,11,12)(H2,9,13,14)(H2,10,15,16). The fourth-order valence-electron chi connectivity index (χ4n) is 1.11. The van der Waals surface area contributed by atoms with Gasteiger partial charge in [0.05, 0.1) is 10.6 Å². The van der Waals surface area contributed by atoms with Crippen LogP contribution in [0.25, 0.3) is 0 Å². The smallest absolute Gasteiger partial charge is 0.335 e. The Morgan fingerprint density at radius 3 is 1.61 bits per heavy atom. The number of hydrogen-bond acceptors (Lipinski definition) is 5. The highest BCUT2D eigenvalue weighted by atomic mass is 35.5. The molecule has 0 unspecified atom stereocenters. The maximum atomic E-state index is 11.2. The van der Waals surface area contributed by atoms with Crippen LogP contribution in [-0.2, 0) is 20.0 Å². The lowest BCUT2D eigenvalue weighted by Gasteiger charge is -2.08. The van der Waals surface area contributed by atoms with Gasteiger partial charge in [-0.3, -0.25) is 0 Å². The number of rotatable bonds is 3. The van der Waals surface area contributed by atoms with Crippen molar-refractivity contribution in [2.24, 2.45) is 10.3 Å². The SMILES string of the molecule is NS(=O)(=O)c1cc(C(=O)O)cc(S(N)(=O)=O)c1Cl. The molecule has 0 aliphatic rings. The molecule has 0 amide bonds. The van der Waals surface area contributed by atoms with Gasteiger partial charge in [-0.15, -0.1) is 0 Å². The first kappa shape index (κ1) is 14.9. The molecular weight excluding hydrogens is 308 g/mol. The van der Waals surface area contributed by atoms with Crippen molar-refractivity contribution >= 4 is 37.6 Å². The highest BCUT2D eigenvalue weighted by Gasteiger charge is 2.24. The summed E-state index contributed by atoms with van der Waals surface area (Å²) in [5.41, 5.74) is -0.618. The molecule has 0 atom stereocenters. The number of nitrogens with two attached hydrogens (primary N) is 2. The first-order valence-electron chi connectivity index (χ1n) is 4.07. The summed E-state index contributed by atoms with van der Waals surface area (Å²) in [5, 5.41) is 17.6. The van der Waals surface area contributed by atoms with Gasteiger partial charge in [0.15, 0.2) is 0 Å². The molecule has 0 radical (unpaired) electrons. The van der Waals surface area contributed by atoms with Gasteiger partial charge in [-0.25, -0.2) is 31.9 Å². The Morgan fingerprint density at radius 1 is 1.06 bits per heavy atom. The number of primary sulfonamides is 2. The van der Waals surface area contributed by atoms with Gasteiger partial charge in [0.1, 0.15) is 9.79 Å². The van der Waals surface area contributed by atoms with Crippen LogP contribution in [0.4, 0.5) is 0 Å². The lowest BCUT2D eigenvalue weighted by atomic mass is 10.2. The maximum absolute atomic E-state index is 11.2. The fourth-order valence-corrected chi connectivity index (χ4v) is 3.23. The van der Waals surface area contributed by atoms with E-state index in [1.54, 1.807) is 0 Å². The van der Waals surface area contributed by atoms with Crippen LogP contribution < -0.4 is 10.3 Å². The highest BCUT2D eigenvalue weighted by molar-refractivity contribution is 7.90. The lowest BCUT2D eigenvalue weighted by Crippen LogP contribution is -2.18. The number of carboxylic acid groups (broad SMARTS) is 1. The lowest BCUT2D eigenvalue weighted by molar-refractivity contribution is 0.0696. The summed E-state index contributed by atoms with van der Waals surface area (Å²) < 4.78 is 44.7. The van der Waals surface area contributed by atoms with Crippen molar-refractivity contribution in [3.63, 3.8) is 0 Å². The van der Waals surface area contributed by atoms with E-state index in [0.717, 1.165) is 0 Å². The normalized spacial score (nSPS) is 12.4. The number of carboxylic acids is 1. The van der Waals surface area contributed by atoms with Crippen LogP contribution in [0.2, 0.25) is 5.02 Å². The van der Waals surface area contributed by atoms with E-state index in [1.807, 2.05) is 0 Å². The average Bonchev–Trinajstić information content (AvgIpc) is 2.13. The molecule has 1 rings (SSSR count). The summed E-state index contributed by atoms with van der Waals surface area (Å²) in [6.07, 6.45) is 0. The Labute approximate surface area is 107 Å². The number of carbonyl (C=O) groups is 1. The third-order valence-electron chi connectivity index (χ3n) is 1.87. The summed E-state index contributed by atoms with van der Waals surface area (Å²) in [6, 6.07) is 1.30. The first-order valence-corrected chi connectivity index (χ1v) is 7.54. The molecule has 0 fully saturated rings. The molecule has 1 aromatic rings. The molecule has 11 heteroatoms. The van der Waals surface area contributed by atoms with Crippen LogP contribution in [0.3, 0.4) is 0 Å². The molecule has 0 bridgehead atoms. The molecule has 0 aliphatic heterocycles. The molecule has 5 N–H and O–H groups in total. The summed E-state index contributed by atoms with van der Waals surface area (Å²) in [6.45, 7) is 0. The molecule has 0 saturated carbocycles. The maximum Gasteiger partial charge on any atom is 0.335 e. The first-order chi connectivity index (χ1) is 7.94. The number of aromatic carboxylic acids is 1. The second-order valence-electron chi connectivity index (χ2n) is 3.18. The third-order valence-corrected chi connectivity index (χ3v) is 4.37. The van der Waals surface area contributed by atoms with Crippen LogP contribution in [0.1, 0.15) is 10.4 Å². The molecule has 0 spiro atoms. The molecule has 8 nitrogen and oxygen atoms in total. The van der Waals surface area contributed by atoms with Crippen LogP contribution in [0.5, 0.6) is 0 Å². The van der Waals surface area contributed by atoms with Crippen molar-refractivity contribution in [2.75, 3.05) is 0 Å². The van der Waals surface area contributed by atoms with Crippen molar-refractivity contribution in [3.8, 4) is 0 Å². The van der Waals surface area contributed by atoms with E-state index in [-0.39, 0.29) is 0 Å². The predicted octanol–water partition coefficient (Wildman–Crippen LogP) is -0.667. The van der Waals surface area contributed by atoms with Crippen LogP contribution in [0, 0.1) is 0 Å². The molecule has 1 aromatic carbocycles. The minimum absolute atomic E-state index is 0.618. The number of benzene rings is 1. The zero-order valence-corrected chi connectivity index (χ0v) is 10.9. The van der Waals surface area contributed by atoms with Crippen molar-refractivity contribution in [1.82, 2.24) is 0 Å². The summed E-state index contributed by atoms with van der Waals surface area (Å²) >= 11 is 5.54. The Bertz CT molecular complexity index is 671. The van der Waals surface area contributed by atoms with E-state index >= 15 is 0 Å². The van der Waals surface area contributed by atoms with Crippen molar-refractivity contribution in [2.45, 2.75) is 9.79 Å². The molecule has 0 saturated heterocycles. The molecular formula is C7H7ClN2O6S2. The number of hydrogen-bond donors (Lipinski definition) is 3. The van der Waals surface area contributed by atoms with E-state index in [1.165, 1.54) is 0 Å². The Kier molecular flexibility index (Phi) is 3.70. The number of sulfonamides is 2. The van der Waals surface area contributed by atoms with E-state index in [0.29, 0.717) is 12.1 Å². The molecule has 100 valence electrons. The molecule has 0 aliphatic carbocycles. The monoisotopic (exact) mass is 314 g/mol. The minimum Gasteiger partial charge on any atom is -0.478 e. The molecule has 18 heavy (non-hydrogen) atoms. The summed E-state index contributed by atoms with van der Waals surface area (Å²) in [4.78, 5) is 9.10. The van der Waals surface area contributed by atoms with Gasteiger partial charge in [0.2, 0.25) is 20.0 Å². The second kappa shape index (κ2) is 4.48. The Balaban J connectivity index is 3.87.